The van der Waals surface area contributed by atoms with Gasteiger partial charge in [-0.25, -0.2) is 9.48 Å². The van der Waals surface area contributed by atoms with Crippen LogP contribution in [0.3, 0.4) is 0 Å². The third kappa shape index (κ3) is 6.68. The molecule has 0 unspecified atom stereocenters. The lowest BCUT2D eigenvalue weighted by Gasteiger charge is -2.19. The molecule has 6 heteroatoms. The molecule has 4 aromatic rings. The maximum Gasteiger partial charge on any atom is 0.346 e. The van der Waals surface area contributed by atoms with Crippen molar-refractivity contribution in [3.63, 3.8) is 0 Å². The Bertz CT molecular complexity index is 1460. The highest BCUT2D eigenvalue weighted by molar-refractivity contribution is 5.72. The van der Waals surface area contributed by atoms with Crippen molar-refractivity contribution in [1.29, 1.82) is 0 Å². The normalized spacial score (nSPS) is 11.6. The van der Waals surface area contributed by atoms with E-state index < -0.39 is 5.97 Å². The fraction of sp³-hybridized carbons (Fsp3) is 0.344. The van der Waals surface area contributed by atoms with Crippen molar-refractivity contribution >= 4 is 5.97 Å². The number of benzene rings is 3. The topological polar surface area (TPSA) is 77.1 Å². The highest BCUT2D eigenvalue weighted by Gasteiger charge is 2.15. The van der Waals surface area contributed by atoms with Crippen molar-refractivity contribution in [2.45, 2.75) is 71.9 Å². The molecule has 0 atom stereocenters. The zero-order chi connectivity index (χ0) is 27.3. The van der Waals surface area contributed by atoms with Crippen molar-refractivity contribution in [2.24, 2.45) is 0 Å². The zero-order valence-corrected chi connectivity index (χ0v) is 22.8. The van der Waals surface area contributed by atoms with Crippen molar-refractivity contribution in [3.05, 3.63) is 111 Å². The van der Waals surface area contributed by atoms with Crippen LogP contribution >= 0.6 is 0 Å². The monoisotopic (exact) mass is 511 g/mol. The third-order valence-corrected chi connectivity index (χ3v) is 6.88. The zero-order valence-electron chi connectivity index (χ0n) is 22.8. The van der Waals surface area contributed by atoms with E-state index in [0.717, 1.165) is 47.3 Å². The molecule has 0 aliphatic carbocycles. The predicted octanol–water partition coefficient (Wildman–Crippen LogP) is 5.88. The van der Waals surface area contributed by atoms with Gasteiger partial charge in [0, 0.05) is 13.0 Å². The molecule has 0 spiro atoms. The maximum atomic E-state index is 13.0. The van der Waals surface area contributed by atoms with Crippen LogP contribution in [-0.4, -0.2) is 25.4 Å². The summed E-state index contributed by atoms with van der Waals surface area (Å²) in [5.74, 6) is -0.0105. The second kappa shape index (κ2) is 11.6. The molecule has 0 aliphatic heterocycles. The second-order valence-corrected chi connectivity index (χ2v) is 10.9. The molecule has 38 heavy (non-hydrogen) atoms. The first-order chi connectivity index (χ1) is 18.1. The van der Waals surface area contributed by atoms with E-state index in [1.807, 2.05) is 43.3 Å². The summed E-state index contributed by atoms with van der Waals surface area (Å²) >= 11 is 0. The number of aromatic nitrogens is 3. The summed E-state index contributed by atoms with van der Waals surface area (Å²) in [4.78, 5) is 24.1. The summed E-state index contributed by atoms with van der Waals surface area (Å²) < 4.78 is 3.35. The molecular weight excluding hydrogens is 474 g/mol. The van der Waals surface area contributed by atoms with E-state index in [1.54, 1.807) is 9.25 Å². The van der Waals surface area contributed by atoms with Gasteiger partial charge in [0.15, 0.2) is 0 Å². The van der Waals surface area contributed by atoms with Crippen LogP contribution < -0.4 is 5.69 Å². The molecule has 3 aromatic carbocycles. The summed E-state index contributed by atoms with van der Waals surface area (Å²) in [6.45, 7) is 9.62. The molecule has 6 nitrogen and oxygen atoms in total. The molecule has 1 heterocycles. The summed E-state index contributed by atoms with van der Waals surface area (Å²) in [5.41, 5.74) is 6.44. The third-order valence-electron chi connectivity index (χ3n) is 6.88. The number of carboxylic acids is 1. The van der Waals surface area contributed by atoms with Gasteiger partial charge in [-0.15, -0.1) is 0 Å². The van der Waals surface area contributed by atoms with Crippen LogP contribution in [0, 0.1) is 0 Å². The van der Waals surface area contributed by atoms with Gasteiger partial charge < -0.3 is 5.11 Å². The van der Waals surface area contributed by atoms with E-state index in [9.17, 15) is 9.59 Å². The van der Waals surface area contributed by atoms with Gasteiger partial charge in [0.05, 0.1) is 13.0 Å². The van der Waals surface area contributed by atoms with Gasteiger partial charge in [0.1, 0.15) is 5.82 Å². The number of carbonyl (C=O) groups is 1. The largest absolute Gasteiger partial charge is 0.481 e. The Hall–Kier alpha value is -3.93. The maximum absolute atomic E-state index is 13.0. The van der Waals surface area contributed by atoms with Crippen LogP contribution in [0.1, 0.15) is 62.2 Å². The van der Waals surface area contributed by atoms with E-state index >= 15 is 0 Å². The smallest absolute Gasteiger partial charge is 0.346 e. The Kier molecular flexibility index (Phi) is 8.30. The summed E-state index contributed by atoms with van der Waals surface area (Å²) in [6, 6.07) is 24.5. The highest BCUT2D eigenvalue weighted by Crippen LogP contribution is 2.24. The fourth-order valence-corrected chi connectivity index (χ4v) is 4.77. The summed E-state index contributed by atoms with van der Waals surface area (Å²) in [5, 5.41) is 13.8. The average molecular weight is 512 g/mol. The first-order valence-corrected chi connectivity index (χ1v) is 13.3. The predicted molar refractivity (Wildman–Crippen MR) is 152 cm³/mol. The second-order valence-electron chi connectivity index (χ2n) is 10.9. The van der Waals surface area contributed by atoms with Crippen LogP contribution in [0.5, 0.6) is 0 Å². The lowest BCUT2D eigenvalue weighted by Crippen LogP contribution is -2.25. The molecular formula is C32H37N3O3. The number of hydrogen-bond donors (Lipinski definition) is 1. The molecule has 0 saturated heterocycles. The number of aliphatic carboxylic acids is 1. The van der Waals surface area contributed by atoms with Gasteiger partial charge in [-0.2, -0.15) is 5.10 Å². The van der Waals surface area contributed by atoms with Crippen LogP contribution in [-0.2, 0) is 42.6 Å². The van der Waals surface area contributed by atoms with Crippen molar-refractivity contribution in [1.82, 2.24) is 14.3 Å². The minimum absolute atomic E-state index is 0.0154. The van der Waals surface area contributed by atoms with Gasteiger partial charge >= 0.3 is 11.7 Å². The average Bonchev–Trinajstić information content (AvgIpc) is 3.17. The molecule has 4 rings (SSSR count). The Morgan fingerprint density at radius 3 is 2.11 bits per heavy atom. The van der Waals surface area contributed by atoms with Gasteiger partial charge in [-0.05, 0) is 58.6 Å². The number of hydrogen-bond acceptors (Lipinski definition) is 3. The summed E-state index contributed by atoms with van der Waals surface area (Å²) in [6.07, 6.45) is 2.47. The molecule has 0 aliphatic rings. The van der Waals surface area contributed by atoms with Crippen LogP contribution in [0.25, 0.3) is 11.1 Å². The molecule has 0 radical (unpaired) electrons. The highest BCUT2D eigenvalue weighted by atomic mass is 16.4. The number of rotatable bonds is 10. The molecule has 0 fully saturated rings. The number of nitrogens with zero attached hydrogens (tertiary/aromatic N) is 3. The minimum atomic E-state index is -0.831. The lowest BCUT2D eigenvalue weighted by atomic mass is 9.87. The molecule has 0 amide bonds. The van der Waals surface area contributed by atoms with E-state index in [2.05, 4.69) is 57.2 Å². The first-order valence-electron chi connectivity index (χ1n) is 13.3. The van der Waals surface area contributed by atoms with Crippen molar-refractivity contribution in [2.75, 3.05) is 0 Å². The van der Waals surface area contributed by atoms with E-state index in [1.165, 1.54) is 11.1 Å². The van der Waals surface area contributed by atoms with Gasteiger partial charge in [0.2, 0.25) is 0 Å². The molecule has 1 N–H and O–H groups in total. The standard InChI is InChI=1S/C32H37N3O3/c1-5-34-29(33-35(31(34)38)22-24-15-17-28(18-16-24)32(2,3)4)14-8-10-23-9-6-12-26(19-23)27-13-7-11-25(20-27)21-30(36)37/h6-7,9,11-13,15-20H,5,8,10,14,21-22H2,1-4H3,(H,36,37). The van der Waals surface area contributed by atoms with Gasteiger partial charge in [-0.3, -0.25) is 9.36 Å². The Morgan fingerprint density at radius 1 is 0.868 bits per heavy atom. The van der Waals surface area contributed by atoms with Crippen LogP contribution in [0.2, 0.25) is 0 Å². The Labute approximate surface area is 224 Å². The Balaban J connectivity index is 1.43. The molecule has 1 aromatic heterocycles. The van der Waals surface area contributed by atoms with E-state index in [4.69, 9.17) is 10.2 Å². The van der Waals surface area contributed by atoms with Gasteiger partial charge in [0.25, 0.3) is 0 Å². The number of aryl methyl sites for hydroxylation is 2. The quantitative estimate of drug-likeness (QED) is 0.288. The van der Waals surface area contributed by atoms with E-state index in [-0.39, 0.29) is 17.5 Å². The minimum Gasteiger partial charge on any atom is -0.481 e. The van der Waals surface area contributed by atoms with Crippen LogP contribution in [0.4, 0.5) is 0 Å². The molecule has 0 saturated carbocycles. The SMILES string of the molecule is CCn1c(CCCc2cccc(-c3cccc(CC(=O)O)c3)c2)nn(Cc2ccc(C(C)(C)C)cc2)c1=O. The first kappa shape index (κ1) is 27.1. The lowest BCUT2D eigenvalue weighted by molar-refractivity contribution is -0.136. The molecule has 198 valence electrons. The Morgan fingerprint density at radius 2 is 1.50 bits per heavy atom. The molecule has 0 bridgehead atoms. The van der Waals surface area contributed by atoms with Gasteiger partial charge in [-0.1, -0.05) is 93.6 Å². The number of carboxylic acid groups (broad SMARTS) is 1. The van der Waals surface area contributed by atoms with E-state index in [0.29, 0.717) is 13.1 Å². The van der Waals surface area contributed by atoms with Crippen LogP contribution in [0.15, 0.2) is 77.6 Å². The van der Waals surface area contributed by atoms with Crippen molar-refractivity contribution < 1.29 is 9.90 Å². The summed E-state index contributed by atoms with van der Waals surface area (Å²) in [7, 11) is 0. The fourth-order valence-electron chi connectivity index (χ4n) is 4.77. The van der Waals surface area contributed by atoms with Crippen molar-refractivity contribution in [3.8, 4) is 11.1 Å².